The van der Waals surface area contributed by atoms with Crippen molar-refractivity contribution in [3.8, 4) is 0 Å². The summed E-state index contributed by atoms with van der Waals surface area (Å²) < 4.78 is 10.3. The molecule has 0 saturated carbocycles. The molecule has 0 bridgehead atoms. The minimum absolute atomic E-state index is 0.171. The molecule has 0 saturated heterocycles. The minimum atomic E-state index is -0.623. The quantitative estimate of drug-likeness (QED) is 0.426. The third-order valence-electron chi connectivity index (χ3n) is 2.89. The molecule has 1 N–H and O–H groups in total. The number of hydrogen-bond acceptors (Lipinski definition) is 7. The van der Waals surface area contributed by atoms with Crippen molar-refractivity contribution in [2.45, 2.75) is 63.4 Å². The normalized spacial score (nSPS) is 14.2. The predicted molar refractivity (Wildman–Crippen MR) is 87.9 cm³/mol. The van der Waals surface area contributed by atoms with Crippen LogP contribution in [0.25, 0.3) is 0 Å². The summed E-state index contributed by atoms with van der Waals surface area (Å²) in [6.45, 7) is 10.1. The number of nitrogens with zero attached hydrogens (tertiary/aromatic N) is 2. The summed E-state index contributed by atoms with van der Waals surface area (Å²) in [5.41, 5.74) is -0.623. The van der Waals surface area contributed by atoms with Gasteiger partial charge in [0.25, 0.3) is 0 Å². The zero-order valence-corrected chi connectivity index (χ0v) is 15.1. The lowest BCUT2D eigenvalue weighted by Gasteiger charge is -2.30. The summed E-state index contributed by atoms with van der Waals surface area (Å²) >= 11 is 3.12. The Balaban J connectivity index is 2.47. The van der Waals surface area contributed by atoms with Crippen LogP contribution >= 0.6 is 23.3 Å². The Morgan fingerprint density at radius 3 is 2.76 bits per heavy atom. The number of hydrogen-bond donors (Lipinski definition) is 1. The number of carbonyl (C=O) groups excluding carboxylic acids is 1. The Morgan fingerprint density at radius 2 is 2.24 bits per heavy atom. The number of thioether (sulfide) groups is 1. The molecule has 0 spiro atoms. The molecule has 0 aromatic carbocycles. The van der Waals surface area contributed by atoms with E-state index in [1.54, 1.807) is 11.8 Å². The topological polar surface area (TPSA) is 64.1 Å². The molecule has 0 amide bonds. The van der Waals surface area contributed by atoms with Gasteiger partial charge in [0.15, 0.2) is 4.34 Å². The maximum atomic E-state index is 12.2. The molecule has 1 unspecified atom stereocenters. The molecule has 5 nitrogen and oxygen atoms in total. The van der Waals surface area contributed by atoms with Crippen molar-refractivity contribution in [2.24, 2.45) is 0 Å². The summed E-state index contributed by atoms with van der Waals surface area (Å²) in [6.07, 6.45) is 1.66. The van der Waals surface area contributed by atoms with E-state index in [0.29, 0.717) is 6.61 Å². The van der Waals surface area contributed by atoms with Crippen molar-refractivity contribution < 1.29 is 9.53 Å². The van der Waals surface area contributed by atoms with Crippen molar-refractivity contribution in [3.05, 3.63) is 5.82 Å². The molecular formula is C14H25N3O2S2. The van der Waals surface area contributed by atoms with E-state index in [1.807, 2.05) is 34.6 Å². The maximum Gasteiger partial charge on any atom is 0.326 e. The molecular weight excluding hydrogens is 306 g/mol. The van der Waals surface area contributed by atoms with E-state index >= 15 is 0 Å². The first kappa shape index (κ1) is 18.4. The van der Waals surface area contributed by atoms with Gasteiger partial charge in [0.05, 0.1) is 6.61 Å². The highest BCUT2D eigenvalue weighted by Gasteiger charge is 2.34. The van der Waals surface area contributed by atoms with Crippen LogP contribution in [0.2, 0.25) is 0 Å². The summed E-state index contributed by atoms with van der Waals surface area (Å²) in [5.74, 6) is 1.57. The Kier molecular flexibility index (Phi) is 7.62. The summed E-state index contributed by atoms with van der Waals surface area (Å²) in [7, 11) is 0. The second-order valence-corrected chi connectivity index (χ2v) is 7.51. The molecule has 0 fully saturated rings. The fraction of sp³-hybridized carbons (Fsp3) is 0.786. The Bertz CT molecular complexity index is 451. The predicted octanol–water partition coefficient (Wildman–Crippen LogP) is 3.04. The van der Waals surface area contributed by atoms with Crippen LogP contribution in [0.15, 0.2) is 4.34 Å². The van der Waals surface area contributed by atoms with Gasteiger partial charge in [-0.05, 0) is 59.0 Å². The standard InChI is InChI=1S/C14H25N3O2S2/c1-6-19-12(18)14(5,16-10(2)3)8-7-9-20-13-15-11(4)17-21-13/h10,16H,6-9H2,1-5H3. The van der Waals surface area contributed by atoms with Crippen LogP contribution in [-0.4, -0.2) is 39.3 Å². The van der Waals surface area contributed by atoms with Crippen molar-refractivity contribution in [1.82, 2.24) is 14.7 Å². The van der Waals surface area contributed by atoms with Crippen molar-refractivity contribution in [3.63, 3.8) is 0 Å². The van der Waals surface area contributed by atoms with Gasteiger partial charge in [-0.25, -0.2) is 4.98 Å². The molecule has 120 valence electrons. The van der Waals surface area contributed by atoms with E-state index in [1.165, 1.54) is 11.5 Å². The van der Waals surface area contributed by atoms with Gasteiger partial charge < -0.3 is 4.74 Å². The maximum absolute atomic E-state index is 12.2. The lowest BCUT2D eigenvalue weighted by Crippen LogP contribution is -2.53. The number of ether oxygens (including phenoxy) is 1. The van der Waals surface area contributed by atoms with Gasteiger partial charge in [0, 0.05) is 11.8 Å². The second-order valence-electron chi connectivity index (χ2n) is 5.41. The van der Waals surface area contributed by atoms with Crippen molar-refractivity contribution in [1.29, 1.82) is 0 Å². The first-order valence-corrected chi connectivity index (χ1v) is 9.01. The molecule has 0 aliphatic carbocycles. The van der Waals surface area contributed by atoms with Gasteiger partial charge in [-0.3, -0.25) is 10.1 Å². The van der Waals surface area contributed by atoms with E-state index in [9.17, 15) is 4.79 Å². The van der Waals surface area contributed by atoms with Crippen LogP contribution in [0, 0.1) is 6.92 Å². The summed E-state index contributed by atoms with van der Waals surface area (Å²) in [6, 6.07) is 0.234. The van der Waals surface area contributed by atoms with Crippen molar-refractivity contribution in [2.75, 3.05) is 12.4 Å². The van der Waals surface area contributed by atoms with Crippen LogP contribution in [0.1, 0.15) is 46.4 Å². The van der Waals surface area contributed by atoms with Crippen molar-refractivity contribution >= 4 is 29.3 Å². The monoisotopic (exact) mass is 331 g/mol. The molecule has 1 rings (SSSR count). The largest absolute Gasteiger partial charge is 0.465 e. The van der Waals surface area contributed by atoms with Crippen LogP contribution < -0.4 is 5.32 Å². The molecule has 1 aromatic heterocycles. The van der Waals surface area contributed by atoms with Crippen LogP contribution in [-0.2, 0) is 9.53 Å². The molecule has 7 heteroatoms. The van der Waals surface area contributed by atoms with E-state index in [-0.39, 0.29) is 12.0 Å². The summed E-state index contributed by atoms with van der Waals surface area (Å²) in [5, 5.41) is 3.33. The zero-order valence-electron chi connectivity index (χ0n) is 13.4. The summed E-state index contributed by atoms with van der Waals surface area (Å²) in [4.78, 5) is 16.5. The van der Waals surface area contributed by atoms with E-state index in [4.69, 9.17) is 4.74 Å². The minimum Gasteiger partial charge on any atom is -0.465 e. The molecule has 0 aliphatic heterocycles. The van der Waals surface area contributed by atoms with E-state index < -0.39 is 5.54 Å². The average Bonchev–Trinajstić information content (AvgIpc) is 2.80. The molecule has 0 aliphatic rings. The Morgan fingerprint density at radius 1 is 1.52 bits per heavy atom. The number of nitrogens with one attached hydrogen (secondary N) is 1. The smallest absolute Gasteiger partial charge is 0.326 e. The number of aromatic nitrogens is 2. The Labute approximate surface area is 135 Å². The van der Waals surface area contributed by atoms with Gasteiger partial charge in [-0.1, -0.05) is 11.8 Å². The third kappa shape index (κ3) is 6.32. The van der Waals surface area contributed by atoms with E-state index in [2.05, 4.69) is 14.7 Å². The van der Waals surface area contributed by atoms with Gasteiger partial charge in [0.1, 0.15) is 11.4 Å². The molecule has 21 heavy (non-hydrogen) atoms. The third-order valence-corrected chi connectivity index (χ3v) is 4.90. The van der Waals surface area contributed by atoms with Gasteiger partial charge in [-0.15, -0.1) is 0 Å². The van der Waals surface area contributed by atoms with Gasteiger partial charge in [-0.2, -0.15) is 4.37 Å². The van der Waals surface area contributed by atoms with Gasteiger partial charge >= 0.3 is 5.97 Å². The van der Waals surface area contributed by atoms with Gasteiger partial charge in [0.2, 0.25) is 0 Å². The molecule has 1 heterocycles. The number of carbonyl (C=O) groups is 1. The van der Waals surface area contributed by atoms with Crippen LogP contribution in [0.4, 0.5) is 0 Å². The molecule has 1 atom stereocenters. The number of esters is 1. The first-order valence-electron chi connectivity index (χ1n) is 7.25. The highest BCUT2D eigenvalue weighted by molar-refractivity contribution is 8.00. The van der Waals surface area contributed by atoms with Crippen LogP contribution in [0.3, 0.4) is 0 Å². The fourth-order valence-electron chi connectivity index (χ4n) is 2.08. The Hall–Kier alpha value is -0.660. The SMILES string of the molecule is CCOC(=O)C(C)(CCCSc1nc(C)ns1)NC(C)C. The molecule has 0 radical (unpaired) electrons. The zero-order chi connectivity index (χ0) is 15.9. The number of rotatable bonds is 9. The number of aryl methyl sites for hydroxylation is 1. The highest BCUT2D eigenvalue weighted by atomic mass is 32.2. The lowest BCUT2D eigenvalue weighted by molar-refractivity contribution is -0.151. The first-order chi connectivity index (χ1) is 9.87. The molecule has 1 aromatic rings. The van der Waals surface area contributed by atoms with Crippen LogP contribution in [0.5, 0.6) is 0 Å². The second kappa shape index (κ2) is 8.70. The fourth-order valence-corrected chi connectivity index (χ4v) is 3.74. The average molecular weight is 332 g/mol. The van der Waals surface area contributed by atoms with E-state index in [0.717, 1.165) is 28.8 Å². The lowest BCUT2D eigenvalue weighted by atomic mass is 9.95. The highest BCUT2D eigenvalue weighted by Crippen LogP contribution is 2.23.